The number of ether oxygens (including phenoxy) is 2. The van der Waals surface area contributed by atoms with E-state index in [0.717, 1.165) is 11.9 Å². The summed E-state index contributed by atoms with van der Waals surface area (Å²) in [5.74, 6) is -0.359. The van der Waals surface area contributed by atoms with Crippen molar-refractivity contribution in [3.8, 4) is 0 Å². The summed E-state index contributed by atoms with van der Waals surface area (Å²) in [6, 6.07) is 6.96. The number of allylic oxidation sites excluding steroid dienone is 3. The van der Waals surface area contributed by atoms with Crippen molar-refractivity contribution in [3.63, 3.8) is 0 Å². The quantitative estimate of drug-likeness (QED) is 0.549. The highest BCUT2D eigenvalue weighted by Gasteiger charge is 2.52. The molecule has 1 heterocycles. The zero-order valence-corrected chi connectivity index (χ0v) is 18.8. The van der Waals surface area contributed by atoms with Gasteiger partial charge in [-0.15, -0.1) is 0 Å². The van der Waals surface area contributed by atoms with Crippen molar-refractivity contribution in [1.82, 2.24) is 5.32 Å². The third-order valence-electron chi connectivity index (χ3n) is 6.02. The van der Waals surface area contributed by atoms with Crippen LogP contribution in [-0.2, 0) is 25.3 Å². The van der Waals surface area contributed by atoms with E-state index in [1.807, 2.05) is 39.8 Å². The number of methoxy groups -OCH3 is 1. The lowest BCUT2D eigenvalue weighted by Crippen LogP contribution is -2.41. The Kier molecular flexibility index (Phi) is 6.91. The van der Waals surface area contributed by atoms with Crippen LogP contribution in [0.25, 0.3) is 0 Å². The Morgan fingerprint density at radius 1 is 1.16 bits per heavy atom. The second-order valence-corrected chi connectivity index (χ2v) is 8.75. The zero-order valence-electron chi connectivity index (χ0n) is 18.8. The van der Waals surface area contributed by atoms with E-state index in [1.54, 1.807) is 24.3 Å². The Morgan fingerprint density at radius 2 is 1.84 bits per heavy atom. The van der Waals surface area contributed by atoms with Crippen molar-refractivity contribution in [2.45, 2.75) is 51.9 Å². The number of esters is 1. The molecule has 1 unspecified atom stereocenters. The van der Waals surface area contributed by atoms with Crippen LogP contribution in [-0.4, -0.2) is 44.1 Å². The molecule has 0 saturated carbocycles. The molecule has 1 N–H and O–H groups in total. The van der Waals surface area contributed by atoms with Gasteiger partial charge in [-0.2, -0.15) is 0 Å². The van der Waals surface area contributed by atoms with Gasteiger partial charge in [0.05, 0.1) is 30.5 Å². The highest BCUT2D eigenvalue weighted by molar-refractivity contribution is 6.55. The van der Waals surface area contributed by atoms with Crippen molar-refractivity contribution in [2.24, 2.45) is 5.92 Å². The second kappa shape index (κ2) is 9.28. The lowest BCUT2D eigenvalue weighted by molar-refractivity contribution is 0.00578. The van der Waals surface area contributed by atoms with Gasteiger partial charge < -0.3 is 24.1 Å². The van der Waals surface area contributed by atoms with E-state index in [9.17, 15) is 9.59 Å². The molecular weight excluding hydrogens is 397 g/mol. The lowest BCUT2D eigenvalue weighted by Gasteiger charge is -2.32. The molecule has 3 rings (SSSR count). The molecule has 31 heavy (non-hydrogen) atoms. The van der Waals surface area contributed by atoms with Crippen LogP contribution in [0, 0.1) is 5.92 Å². The molecule has 1 aromatic rings. The maximum Gasteiger partial charge on any atom is 0.494 e. The molecular formula is C23H30BNO6. The summed E-state index contributed by atoms with van der Waals surface area (Å²) in [6.45, 7) is 8.54. The Labute approximate surface area is 183 Å². The van der Waals surface area contributed by atoms with E-state index in [4.69, 9.17) is 18.8 Å². The summed E-state index contributed by atoms with van der Waals surface area (Å²) in [6.07, 6.45) is 6.26. The third-order valence-corrected chi connectivity index (χ3v) is 6.02. The lowest BCUT2D eigenvalue weighted by atomic mass is 9.74. The Morgan fingerprint density at radius 3 is 2.45 bits per heavy atom. The van der Waals surface area contributed by atoms with Gasteiger partial charge in [0.1, 0.15) is 0 Å². The van der Waals surface area contributed by atoms with Gasteiger partial charge in [-0.25, -0.2) is 9.59 Å². The predicted molar refractivity (Wildman–Crippen MR) is 117 cm³/mol. The van der Waals surface area contributed by atoms with E-state index in [-0.39, 0.29) is 37.4 Å². The largest absolute Gasteiger partial charge is 0.494 e. The molecule has 166 valence electrons. The van der Waals surface area contributed by atoms with Crippen LogP contribution >= 0.6 is 0 Å². The van der Waals surface area contributed by atoms with Crippen LogP contribution in [0.1, 0.15) is 50.0 Å². The first-order valence-corrected chi connectivity index (χ1v) is 10.4. The van der Waals surface area contributed by atoms with Gasteiger partial charge in [-0.1, -0.05) is 36.4 Å². The molecule has 1 atom stereocenters. The van der Waals surface area contributed by atoms with Crippen LogP contribution in [0.15, 0.2) is 48.0 Å². The summed E-state index contributed by atoms with van der Waals surface area (Å²) in [5, 5.41) is 2.68. The van der Waals surface area contributed by atoms with Gasteiger partial charge in [-0.3, -0.25) is 0 Å². The second-order valence-electron chi connectivity index (χ2n) is 8.75. The summed E-state index contributed by atoms with van der Waals surface area (Å²) in [4.78, 5) is 23.9. The van der Waals surface area contributed by atoms with Crippen LogP contribution in [0.2, 0.25) is 0 Å². The monoisotopic (exact) mass is 427 g/mol. The Hall–Kier alpha value is -2.58. The van der Waals surface area contributed by atoms with Crippen molar-refractivity contribution in [2.75, 3.05) is 13.7 Å². The number of hydrogen-bond acceptors (Lipinski definition) is 6. The molecule has 7 nitrogen and oxygen atoms in total. The van der Waals surface area contributed by atoms with E-state index in [2.05, 4.69) is 11.4 Å². The number of alkyl carbamates (subject to hydrolysis) is 1. The Bertz CT molecular complexity index is 876. The molecule has 1 amide bonds. The summed E-state index contributed by atoms with van der Waals surface area (Å²) in [5.41, 5.74) is 1.31. The summed E-state index contributed by atoms with van der Waals surface area (Å²) < 4.78 is 22.3. The molecule has 1 saturated heterocycles. The molecule has 8 heteroatoms. The molecule has 0 radical (unpaired) electrons. The normalized spacial score (nSPS) is 21.4. The smallest absolute Gasteiger partial charge is 0.465 e. The van der Waals surface area contributed by atoms with E-state index in [0.29, 0.717) is 11.1 Å². The zero-order chi connectivity index (χ0) is 22.6. The summed E-state index contributed by atoms with van der Waals surface area (Å²) in [7, 11) is 0.937. The Balaban J connectivity index is 1.45. The first-order chi connectivity index (χ1) is 14.6. The van der Waals surface area contributed by atoms with Gasteiger partial charge in [0.15, 0.2) is 0 Å². The van der Waals surface area contributed by atoms with E-state index < -0.39 is 12.1 Å². The fourth-order valence-corrected chi connectivity index (χ4v) is 3.34. The van der Waals surface area contributed by atoms with Crippen molar-refractivity contribution >= 4 is 19.2 Å². The molecule has 1 fully saturated rings. The maximum atomic E-state index is 12.1. The maximum absolute atomic E-state index is 12.1. The number of nitrogens with one attached hydrogen (secondary N) is 1. The molecule has 1 aliphatic heterocycles. The van der Waals surface area contributed by atoms with Crippen LogP contribution < -0.4 is 5.32 Å². The number of rotatable bonds is 6. The average Bonchev–Trinajstić information content (AvgIpc) is 2.97. The fraction of sp³-hybridized carbons (Fsp3) is 0.478. The van der Waals surface area contributed by atoms with Gasteiger partial charge in [0.25, 0.3) is 0 Å². The molecule has 0 spiro atoms. The number of amides is 1. The SMILES string of the molecule is COC(=O)c1ccccc1CNC(=O)OCC1C=CC(B2OC(C)(C)C(C)(C)O2)=CC1. The van der Waals surface area contributed by atoms with Gasteiger partial charge in [-0.05, 0) is 51.2 Å². The number of hydrogen-bond donors (Lipinski definition) is 1. The highest BCUT2D eigenvalue weighted by atomic mass is 16.7. The average molecular weight is 427 g/mol. The summed E-state index contributed by atoms with van der Waals surface area (Å²) >= 11 is 0. The third kappa shape index (κ3) is 5.38. The topological polar surface area (TPSA) is 83.1 Å². The minimum Gasteiger partial charge on any atom is -0.465 e. The number of carbonyl (C=O) groups is 2. The molecule has 0 aromatic heterocycles. The molecule has 1 aromatic carbocycles. The first kappa shape index (κ1) is 23.1. The molecule has 0 bridgehead atoms. The van der Waals surface area contributed by atoms with E-state index in [1.165, 1.54) is 7.11 Å². The minimum absolute atomic E-state index is 0.0827. The highest BCUT2D eigenvalue weighted by Crippen LogP contribution is 2.39. The minimum atomic E-state index is -0.534. The fourth-order valence-electron chi connectivity index (χ4n) is 3.34. The van der Waals surface area contributed by atoms with Crippen LogP contribution in [0.4, 0.5) is 4.79 Å². The first-order valence-electron chi connectivity index (χ1n) is 10.4. The van der Waals surface area contributed by atoms with E-state index >= 15 is 0 Å². The number of benzene rings is 1. The van der Waals surface area contributed by atoms with Crippen molar-refractivity contribution in [1.29, 1.82) is 0 Å². The van der Waals surface area contributed by atoms with Gasteiger partial charge >= 0.3 is 19.2 Å². The molecule has 1 aliphatic carbocycles. The molecule has 2 aliphatic rings. The van der Waals surface area contributed by atoms with Crippen LogP contribution in [0.5, 0.6) is 0 Å². The standard InChI is InChI=1S/C23H30BNO6/c1-22(2)23(3,4)31-24(30-22)18-12-10-16(11-13-18)15-29-21(27)25-14-17-8-6-7-9-19(17)20(26)28-5/h6-10,12-13,16H,11,14-15H2,1-5H3,(H,25,27). The predicted octanol–water partition coefficient (Wildman–Crippen LogP) is 3.83. The van der Waals surface area contributed by atoms with Crippen molar-refractivity contribution in [3.05, 3.63) is 59.1 Å². The number of carbonyl (C=O) groups excluding carboxylic acids is 2. The van der Waals surface area contributed by atoms with Gasteiger partial charge in [0.2, 0.25) is 0 Å². The van der Waals surface area contributed by atoms with Gasteiger partial charge in [0, 0.05) is 12.5 Å². The van der Waals surface area contributed by atoms with Crippen LogP contribution in [0.3, 0.4) is 0 Å². The van der Waals surface area contributed by atoms with Crippen molar-refractivity contribution < 1.29 is 28.4 Å².